The summed E-state index contributed by atoms with van der Waals surface area (Å²) < 4.78 is 5.93. The Morgan fingerprint density at radius 1 is 1.06 bits per heavy atom. The number of amides is 3. The molecule has 36 heavy (non-hydrogen) atoms. The van der Waals surface area contributed by atoms with Gasteiger partial charge in [-0.3, -0.25) is 14.4 Å². The number of benzene rings is 2. The lowest BCUT2D eigenvalue weighted by Gasteiger charge is -2.25. The van der Waals surface area contributed by atoms with Crippen molar-refractivity contribution >= 4 is 28.8 Å². The lowest BCUT2D eigenvalue weighted by molar-refractivity contribution is -0.124. The minimum atomic E-state index is -0.0641. The number of fused-ring (bicyclic) bond motifs is 1. The Labute approximate surface area is 210 Å². The van der Waals surface area contributed by atoms with Gasteiger partial charge < -0.3 is 19.5 Å². The minimum Gasteiger partial charge on any atom is -0.436 e. The molecule has 2 fully saturated rings. The Balaban J connectivity index is 1.27. The van der Waals surface area contributed by atoms with E-state index in [4.69, 9.17) is 4.42 Å². The van der Waals surface area contributed by atoms with Crippen LogP contribution in [-0.2, 0) is 4.79 Å². The van der Waals surface area contributed by atoms with Crippen molar-refractivity contribution in [3.05, 3.63) is 53.6 Å². The lowest BCUT2D eigenvalue weighted by atomic mass is 10.1. The van der Waals surface area contributed by atoms with E-state index in [1.165, 1.54) is 0 Å². The zero-order valence-electron chi connectivity index (χ0n) is 20.8. The third-order valence-electron chi connectivity index (χ3n) is 7.40. The van der Waals surface area contributed by atoms with Gasteiger partial charge in [0.05, 0.1) is 0 Å². The van der Waals surface area contributed by atoms with Crippen LogP contribution in [0.25, 0.3) is 22.6 Å². The maximum Gasteiger partial charge on any atom is 0.253 e. The van der Waals surface area contributed by atoms with Crippen molar-refractivity contribution in [2.45, 2.75) is 45.1 Å². The highest BCUT2D eigenvalue weighted by Gasteiger charge is 2.33. The molecular weight excluding hydrogens is 456 g/mol. The Kier molecular flexibility index (Phi) is 6.76. The highest BCUT2D eigenvalue weighted by Crippen LogP contribution is 2.30. The van der Waals surface area contributed by atoms with Crippen LogP contribution in [0.1, 0.15) is 59.7 Å². The van der Waals surface area contributed by atoms with Gasteiger partial charge in [-0.2, -0.15) is 0 Å². The van der Waals surface area contributed by atoms with Crippen molar-refractivity contribution < 1.29 is 18.8 Å². The van der Waals surface area contributed by atoms with E-state index in [9.17, 15) is 14.4 Å². The third kappa shape index (κ3) is 4.72. The van der Waals surface area contributed by atoms with Crippen molar-refractivity contribution in [1.29, 1.82) is 0 Å². The molecule has 2 heterocycles. The summed E-state index contributed by atoms with van der Waals surface area (Å²) in [6, 6.07) is 12.6. The fourth-order valence-corrected chi connectivity index (χ4v) is 5.28. The Morgan fingerprint density at radius 2 is 1.78 bits per heavy atom. The van der Waals surface area contributed by atoms with Gasteiger partial charge >= 0.3 is 0 Å². The zero-order chi connectivity index (χ0) is 25.2. The number of carbonyl (C=O) groups excluding carboxylic acids is 3. The number of aromatic nitrogens is 1. The molecule has 1 saturated carbocycles. The number of rotatable bonds is 6. The Morgan fingerprint density at radius 3 is 2.50 bits per heavy atom. The molecule has 2 aromatic carbocycles. The summed E-state index contributed by atoms with van der Waals surface area (Å²) in [7, 11) is 1.81. The normalized spacial score (nSPS) is 19.6. The summed E-state index contributed by atoms with van der Waals surface area (Å²) in [5, 5.41) is 2.88. The van der Waals surface area contributed by atoms with E-state index in [1.807, 2.05) is 31.0 Å². The molecule has 0 bridgehead atoms. The van der Waals surface area contributed by atoms with Gasteiger partial charge in [-0.25, -0.2) is 4.98 Å². The monoisotopic (exact) mass is 488 g/mol. The van der Waals surface area contributed by atoms with Crippen LogP contribution in [0.4, 0.5) is 0 Å². The summed E-state index contributed by atoms with van der Waals surface area (Å²) in [4.78, 5) is 46.2. The van der Waals surface area contributed by atoms with Gasteiger partial charge in [0, 0.05) is 55.3 Å². The van der Waals surface area contributed by atoms with E-state index in [0.29, 0.717) is 41.1 Å². The third-order valence-corrected chi connectivity index (χ3v) is 7.40. The molecule has 2 unspecified atom stereocenters. The molecule has 1 aromatic heterocycles. The van der Waals surface area contributed by atoms with Gasteiger partial charge in [0.25, 0.3) is 11.8 Å². The van der Waals surface area contributed by atoms with E-state index < -0.39 is 0 Å². The largest absolute Gasteiger partial charge is 0.436 e. The van der Waals surface area contributed by atoms with Crippen molar-refractivity contribution in [3.63, 3.8) is 0 Å². The minimum absolute atomic E-state index is 0.0297. The summed E-state index contributed by atoms with van der Waals surface area (Å²) in [6.45, 7) is 4.14. The average molecular weight is 489 g/mol. The van der Waals surface area contributed by atoms with E-state index >= 15 is 0 Å². The average Bonchev–Trinajstić information content (AvgIpc) is 3.67. The lowest BCUT2D eigenvalue weighted by Crippen LogP contribution is -2.36. The number of hydrogen-bond acceptors (Lipinski definition) is 5. The van der Waals surface area contributed by atoms with Crippen LogP contribution in [-0.4, -0.2) is 65.2 Å². The first-order valence-electron chi connectivity index (χ1n) is 12.8. The Bertz CT molecular complexity index is 1280. The second kappa shape index (κ2) is 10.1. The van der Waals surface area contributed by atoms with Crippen LogP contribution in [0, 0.1) is 5.92 Å². The van der Waals surface area contributed by atoms with Crippen molar-refractivity contribution in [3.8, 4) is 11.5 Å². The molecular formula is C28H32N4O4. The van der Waals surface area contributed by atoms with Gasteiger partial charge in [0.2, 0.25) is 11.8 Å². The van der Waals surface area contributed by atoms with E-state index in [-0.39, 0.29) is 29.7 Å². The summed E-state index contributed by atoms with van der Waals surface area (Å²) in [5.74, 6) is 0.467. The number of hydrogen-bond donors (Lipinski definition) is 1. The number of likely N-dealkylation sites (tertiary alicyclic amines) is 1. The maximum atomic E-state index is 13.1. The molecule has 2 atom stereocenters. The van der Waals surface area contributed by atoms with Gasteiger partial charge in [-0.1, -0.05) is 0 Å². The van der Waals surface area contributed by atoms with Gasteiger partial charge in [0.1, 0.15) is 5.52 Å². The smallest absolute Gasteiger partial charge is 0.253 e. The van der Waals surface area contributed by atoms with Crippen LogP contribution < -0.4 is 5.32 Å². The first-order valence-corrected chi connectivity index (χ1v) is 12.8. The first-order chi connectivity index (χ1) is 17.4. The molecule has 1 saturated heterocycles. The number of nitrogens with one attached hydrogen (secondary N) is 1. The first kappa shape index (κ1) is 24.0. The van der Waals surface area contributed by atoms with E-state index in [0.717, 1.165) is 44.3 Å². The highest BCUT2D eigenvalue weighted by atomic mass is 16.3. The molecule has 0 radical (unpaired) electrons. The fourth-order valence-electron chi connectivity index (χ4n) is 5.28. The number of oxazole rings is 1. The Hall–Kier alpha value is -3.68. The molecule has 3 aromatic rings. The van der Waals surface area contributed by atoms with Crippen LogP contribution in [0.5, 0.6) is 0 Å². The predicted molar refractivity (Wildman–Crippen MR) is 136 cm³/mol. The van der Waals surface area contributed by atoms with Crippen molar-refractivity contribution in [1.82, 2.24) is 20.1 Å². The molecule has 1 N–H and O–H groups in total. The van der Waals surface area contributed by atoms with Crippen LogP contribution in [0.15, 0.2) is 46.9 Å². The van der Waals surface area contributed by atoms with Crippen LogP contribution in [0.3, 0.4) is 0 Å². The quantitative estimate of drug-likeness (QED) is 0.563. The summed E-state index contributed by atoms with van der Waals surface area (Å²) in [5.41, 5.74) is 3.21. The second-order valence-electron chi connectivity index (χ2n) is 9.75. The van der Waals surface area contributed by atoms with Crippen LogP contribution in [0.2, 0.25) is 0 Å². The summed E-state index contributed by atoms with van der Waals surface area (Å²) >= 11 is 0. The van der Waals surface area contributed by atoms with Crippen molar-refractivity contribution in [2.24, 2.45) is 5.92 Å². The van der Waals surface area contributed by atoms with Gasteiger partial charge in [-0.05, 0) is 81.5 Å². The topological polar surface area (TPSA) is 95.8 Å². The molecule has 3 amide bonds. The van der Waals surface area contributed by atoms with Gasteiger partial charge in [-0.15, -0.1) is 0 Å². The van der Waals surface area contributed by atoms with E-state index in [1.54, 1.807) is 35.2 Å². The molecule has 1 aliphatic carbocycles. The van der Waals surface area contributed by atoms with Crippen LogP contribution >= 0.6 is 0 Å². The van der Waals surface area contributed by atoms with Crippen molar-refractivity contribution in [2.75, 3.05) is 26.7 Å². The molecule has 1 aliphatic heterocycles. The number of nitrogens with zero attached hydrogens (tertiary/aromatic N) is 3. The van der Waals surface area contributed by atoms with E-state index in [2.05, 4.69) is 10.3 Å². The molecule has 8 heteroatoms. The number of carbonyl (C=O) groups is 3. The highest BCUT2D eigenvalue weighted by molar-refractivity contribution is 5.97. The molecule has 2 aliphatic rings. The molecule has 5 rings (SSSR count). The SMILES string of the molecule is CCNC(=O)C1CCC(N(C)C(=O)c2ccc(-c3nc4cc(C(=O)N5CCCC5)ccc4o3)cc2)C1. The fraction of sp³-hybridized carbons (Fsp3) is 0.429. The molecule has 188 valence electrons. The summed E-state index contributed by atoms with van der Waals surface area (Å²) in [6.07, 6.45) is 4.42. The standard InChI is InChI=1S/C28H32N4O4/c1-3-29-25(33)20-10-12-22(16-20)31(2)27(34)19-8-6-18(7-9-19)26-30-23-17-21(11-13-24(23)36-26)28(35)32-14-4-5-15-32/h6-9,11,13,17,20,22H,3-5,10,12,14-16H2,1-2H3,(H,29,33). The predicted octanol–water partition coefficient (Wildman–Crippen LogP) is 4.11. The van der Waals surface area contributed by atoms with Gasteiger partial charge in [0.15, 0.2) is 5.58 Å². The molecule has 8 nitrogen and oxygen atoms in total. The second-order valence-corrected chi connectivity index (χ2v) is 9.75. The molecule has 0 spiro atoms. The zero-order valence-corrected chi connectivity index (χ0v) is 20.8. The maximum absolute atomic E-state index is 13.1.